The molecule has 5 atom stereocenters. The van der Waals surface area contributed by atoms with Crippen molar-refractivity contribution in [3.8, 4) is 0 Å². The van der Waals surface area contributed by atoms with Crippen molar-refractivity contribution < 1.29 is 9.59 Å². The lowest BCUT2D eigenvalue weighted by molar-refractivity contribution is -0.128. The molecule has 0 N–H and O–H groups in total. The molecule has 0 aromatic heterocycles. The van der Waals surface area contributed by atoms with E-state index in [1.807, 2.05) is 0 Å². The molecule has 0 aromatic rings. The lowest BCUT2D eigenvalue weighted by atomic mass is 9.77. The highest BCUT2D eigenvalue weighted by Crippen LogP contribution is 2.31. The molecule has 0 spiro atoms. The molecular formula is C30H52O2. The second-order valence-corrected chi connectivity index (χ2v) is 11.8. The predicted octanol–water partition coefficient (Wildman–Crippen LogP) is 8.60. The summed E-state index contributed by atoms with van der Waals surface area (Å²) < 4.78 is 0. The number of carbonyl (C=O) groups excluding carboxylic acids is 2. The van der Waals surface area contributed by atoms with Gasteiger partial charge in [-0.3, -0.25) is 9.59 Å². The second kappa shape index (κ2) is 14.2. The van der Waals surface area contributed by atoms with Gasteiger partial charge in [0.2, 0.25) is 0 Å². The van der Waals surface area contributed by atoms with Crippen molar-refractivity contribution in [1.29, 1.82) is 0 Å². The summed E-state index contributed by atoms with van der Waals surface area (Å²) in [6.45, 7) is 21.3. The normalized spacial score (nSPS) is 30.7. The van der Waals surface area contributed by atoms with Crippen LogP contribution >= 0.6 is 0 Å². The van der Waals surface area contributed by atoms with Gasteiger partial charge in [-0.05, 0) is 88.4 Å². The number of ketones is 2. The minimum Gasteiger partial charge on any atom is -0.299 e. The fraction of sp³-hybridized carbons (Fsp3) is 0.800. The van der Waals surface area contributed by atoms with Crippen LogP contribution in [0.2, 0.25) is 0 Å². The predicted molar refractivity (Wildman–Crippen MR) is 139 cm³/mol. The van der Waals surface area contributed by atoms with Crippen LogP contribution in [0.25, 0.3) is 0 Å². The number of hydrogen-bond acceptors (Lipinski definition) is 2. The van der Waals surface area contributed by atoms with Gasteiger partial charge >= 0.3 is 0 Å². The molecule has 32 heavy (non-hydrogen) atoms. The molecule has 0 heterocycles. The van der Waals surface area contributed by atoms with Crippen molar-refractivity contribution in [2.45, 2.75) is 113 Å². The summed E-state index contributed by atoms with van der Waals surface area (Å²) in [6.07, 6.45) is 12.5. The Morgan fingerprint density at radius 2 is 1.28 bits per heavy atom. The number of hydrogen-bond donors (Lipinski definition) is 0. The van der Waals surface area contributed by atoms with E-state index in [1.54, 1.807) is 5.57 Å². The van der Waals surface area contributed by atoms with Gasteiger partial charge in [-0.15, -0.1) is 0 Å². The minimum atomic E-state index is 0.367. The van der Waals surface area contributed by atoms with Crippen molar-refractivity contribution in [2.24, 2.45) is 41.4 Å². The summed E-state index contributed by atoms with van der Waals surface area (Å²) in [5.41, 5.74) is 2.90. The molecule has 2 fully saturated rings. The van der Waals surface area contributed by atoms with Crippen LogP contribution < -0.4 is 0 Å². The Hall–Kier alpha value is -1.18. The number of Topliss-reactive ketones (excluding diaryl/α,β-unsaturated/α-hetero) is 2. The molecule has 3 rings (SSSR count). The standard InChI is InChI=1S/2C10H18O.C10H16/c2*1-7(2)9-5-4-8(3)6-10(9)11;1-8(2)10-6-4-9(3)5-7-10/h2*7-9H,4-6H2,1-3H3;4,10H,1,5-7H2,2-3H3/t8?,9-;8-,9?;10-/m110/s1. The van der Waals surface area contributed by atoms with Crippen LogP contribution in [-0.2, 0) is 9.59 Å². The quantitative estimate of drug-likeness (QED) is 0.408. The molecule has 3 aliphatic carbocycles. The zero-order valence-electron chi connectivity index (χ0n) is 22.5. The molecule has 2 unspecified atom stereocenters. The van der Waals surface area contributed by atoms with E-state index in [-0.39, 0.29) is 0 Å². The van der Waals surface area contributed by atoms with Gasteiger partial charge in [0.25, 0.3) is 0 Å². The molecule has 0 amide bonds. The Morgan fingerprint density at radius 1 is 0.844 bits per heavy atom. The van der Waals surface area contributed by atoms with E-state index in [1.165, 1.54) is 37.7 Å². The third-order valence-corrected chi connectivity index (χ3v) is 7.81. The molecule has 2 heteroatoms. The lowest BCUT2D eigenvalue weighted by Crippen LogP contribution is -2.27. The van der Waals surface area contributed by atoms with Gasteiger partial charge in [0.05, 0.1) is 0 Å². The second-order valence-electron chi connectivity index (χ2n) is 11.8. The summed E-state index contributed by atoms with van der Waals surface area (Å²) in [5, 5.41) is 0. The zero-order chi connectivity index (χ0) is 24.4. The van der Waals surface area contributed by atoms with Gasteiger partial charge in [-0.2, -0.15) is 0 Å². The molecule has 0 saturated heterocycles. The molecule has 184 valence electrons. The molecular weight excluding hydrogens is 392 g/mol. The van der Waals surface area contributed by atoms with Crippen molar-refractivity contribution in [1.82, 2.24) is 0 Å². The van der Waals surface area contributed by atoms with Gasteiger partial charge in [-0.1, -0.05) is 65.3 Å². The molecule has 0 bridgehead atoms. The molecule has 3 aliphatic rings. The minimum absolute atomic E-state index is 0.367. The van der Waals surface area contributed by atoms with E-state index in [0.717, 1.165) is 31.6 Å². The van der Waals surface area contributed by atoms with E-state index in [0.29, 0.717) is 47.1 Å². The maximum absolute atomic E-state index is 11.4. The Morgan fingerprint density at radius 3 is 1.56 bits per heavy atom. The fourth-order valence-electron chi connectivity index (χ4n) is 5.27. The first-order valence-electron chi connectivity index (χ1n) is 13.3. The SMILES string of the molecule is C=C(C)[C@H]1CC=C(C)CC1.CC(C)C1CC[C@@H](C)CC1=O.CC1CC[C@H](C(C)C)C(=O)C1. The third kappa shape index (κ3) is 10.2. The molecule has 0 aromatic carbocycles. The van der Waals surface area contributed by atoms with Gasteiger partial charge < -0.3 is 0 Å². The molecule has 0 radical (unpaired) electrons. The monoisotopic (exact) mass is 444 g/mol. The number of rotatable bonds is 3. The smallest absolute Gasteiger partial charge is 0.136 e. The topological polar surface area (TPSA) is 34.1 Å². The van der Waals surface area contributed by atoms with E-state index >= 15 is 0 Å². The van der Waals surface area contributed by atoms with E-state index in [4.69, 9.17) is 0 Å². The van der Waals surface area contributed by atoms with Crippen LogP contribution in [-0.4, -0.2) is 11.6 Å². The van der Waals surface area contributed by atoms with Crippen molar-refractivity contribution in [3.05, 3.63) is 23.8 Å². The summed E-state index contributed by atoms with van der Waals surface area (Å²) >= 11 is 0. The first-order valence-corrected chi connectivity index (χ1v) is 13.3. The number of allylic oxidation sites excluding steroid dienone is 3. The summed E-state index contributed by atoms with van der Waals surface area (Å²) in [6, 6.07) is 0. The Kier molecular flexibility index (Phi) is 12.8. The van der Waals surface area contributed by atoms with Crippen molar-refractivity contribution in [2.75, 3.05) is 0 Å². The van der Waals surface area contributed by atoms with Crippen LogP contribution in [0.3, 0.4) is 0 Å². The first kappa shape index (κ1) is 28.9. The molecule has 0 aliphatic heterocycles. The highest BCUT2D eigenvalue weighted by Gasteiger charge is 2.28. The van der Waals surface area contributed by atoms with E-state index in [9.17, 15) is 9.59 Å². The van der Waals surface area contributed by atoms with Crippen molar-refractivity contribution in [3.63, 3.8) is 0 Å². The average Bonchev–Trinajstić information content (AvgIpc) is 2.68. The third-order valence-electron chi connectivity index (χ3n) is 7.81. The van der Waals surface area contributed by atoms with Crippen molar-refractivity contribution >= 4 is 11.6 Å². The van der Waals surface area contributed by atoms with Crippen LogP contribution in [0.1, 0.15) is 113 Å². The largest absolute Gasteiger partial charge is 0.299 e. The lowest BCUT2D eigenvalue weighted by Gasteiger charge is -2.27. The van der Waals surface area contributed by atoms with Crippen LogP contribution in [0.4, 0.5) is 0 Å². The van der Waals surface area contributed by atoms with Gasteiger partial charge in [-0.25, -0.2) is 0 Å². The Balaban J connectivity index is 0.000000240. The Bertz CT molecular complexity index is 603. The van der Waals surface area contributed by atoms with Gasteiger partial charge in [0.15, 0.2) is 0 Å². The molecule has 2 saturated carbocycles. The maximum Gasteiger partial charge on any atom is 0.136 e. The summed E-state index contributed by atoms with van der Waals surface area (Å²) in [4.78, 5) is 22.9. The first-order chi connectivity index (χ1) is 14.9. The Labute approximate surface area is 199 Å². The summed E-state index contributed by atoms with van der Waals surface area (Å²) in [7, 11) is 0. The van der Waals surface area contributed by atoms with Crippen LogP contribution in [0, 0.1) is 41.4 Å². The van der Waals surface area contributed by atoms with Crippen LogP contribution in [0.5, 0.6) is 0 Å². The zero-order valence-corrected chi connectivity index (χ0v) is 22.5. The summed E-state index contributed by atoms with van der Waals surface area (Å²) in [5.74, 6) is 4.87. The highest BCUT2D eigenvalue weighted by molar-refractivity contribution is 5.82. The molecule has 2 nitrogen and oxygen atoms in total. The number of carbonyl (C=O) groups is 2. The van der Waals surface area contributed by atoms with Gasteiger partial charge in [0, 0.05) is 24.7 Å². The van der Waals surface area contributed by atoms with E-state index < -0.39 is 0 Å². The average molecular weight is 445 g/mol. The van der Waals surface area contributed by atoms with Gasteiger partial charge in [0.1, 0.15) is 11.6 Å². The van der Waals surface area contributed by atoms with E-state index in [2.05, 4.69) is 68.0 Å². The highest BCUT2D eigenvalue weighted by atomic mass is 16.1. The fourth-order valence-corrected chi connectivity index (χ4v) is 5.27. The van der Waals surface area contributed by atoms with Crippen LogP contribution in [0.15, 0.2) is 23.8 Å². The maximum atomic E-state index is 11.4.